The predicted molar refractivity (Wildman–Crippen MR) is 109 cm³/mol. The molecule has 0 fully saturated rings. The summed E-state index contributed by atoms with van der Waals surface area (Å²) in [6.07, 6.45) is 2.99. The molecule has 0 spiro atoms. The first-order chi connectivity index (χ1) is 13.5. The zero-order chi connectivity index (χ0) is 20.1. The number of amides is 2. The Morgan fingerprint density at radius 3 is 2.64 bits per heavy atom. The molecule has 28 heavy (non-hydrogen) atoms. The van der Waals surface area contributed by atoms with Gasteiger partial charge in [0.05, 0.1) is 12.8 Å². The van der Waals surface area contributed by atoms with Crippen LogP contribution in [0.3, 0.4) is 0 Å². The number of benzene rings is 2. The molecule has 1 aromatic heterocycles. The van der Waals surface area contributed by atoms with Crippen LogP contribution in [0.15, 0.2) is 60.7 Å². The van der Waals surface area contributed by atoms with E-state index in [1.54, 1.807) is 36.4 Å². The molecule has 3 aromatic rings. The number of nitrogens with one attached hydrogen (secondary N) is 1. The fourth-order valence-corrected chi connectivity index (χ4v) is 3.48. The van der Waals surface area contributed by atoms with E-state index in [-0.39, 0.29) is 11.4 Å². The van der Waals surface area contributed by atoms with Gasteiger partial charge in [0.1, 0.15) is 11.6 Å². The summed E-state index contributed by atoms with van der Waals surface area (Å²) in [6, 6.07) is 14.7. The van der Waals surface area contributed by atoms with Crippen molar-refractivity contribution in [1.29, 1.82) is 0 Å². The number of thiophene rings is 1. The topological polar surface area (TPSA) is 81.4 Å². The lowest BCUT2D eigenvalue weighted by molar-refractivity contribution is -0.111. The zero-order valence-electron chi connectivity index (χ0n) is 14.9. The van der Waals surface area contributed by atoms with Gasteiger partial charge in [0.15, 0.2) is 0 Å². The summed E-state index contributed by atoms with van der Waals surface area (Å²) < 4.78 is 19.1. The van der Waals surface area contributed by atoms with E-state index in [9.17, 15) is 14.0 Å². The Balaban J connectivity index is 1.74. The van der Waals surface area contributed by atoms with Crippen molar-refractivity contribution >= 4 is 34.9 Å². The van der Waals surface area contributed by atoms with Gasteiger partial charge in [-0.1, -0.05) is 18.2 Å². The summed E-state index contributed by atoms with van der Waals surface area (Å²) >= 11 is 1.37. The van der Waals surface area contributed by atoms with Crippen LogP contribution >= 0.6 is 11.3 Å². The number of anilines is 1. The molecular weight excluding hydrogens is 379 g/mol. The standard InChI is InChI=1S/C21H17FN2O3S/c1-27-18-9-6-13(21(23)26)12-17(18)24-20(25)11-8-14-7-10-19(28-14)15-4-2-3-5-16(15)22/h2-12H,1H3,(H2,23,26)(H,24,25). The Morgan fingerprint density at radius 2 is 1.93 bits per heavy atom. The Kier molecular flexibility index (Phi) is 5.86. The van der Waals surface area contributed by atoms with E-state index in [2.05, 4.69) is 5.32 Å². The SMILES string of the molecule is COc1ccc(C(N)=O)cc1NC(=O)C=Cc1ccc(-c2ccccc2F)s1. The van der Waals surface area contributed by atoms with Gasteiger partial charge in [-0.25, -0.2) is 4.39 Å². The van der Waals surface area contributed by atoms with Gasteiger partial charge in [-0.05, 0) is 42.5 Å². The second-order valence-corrected chi connectivity index (χ2v) is 6.90. The van der Waals surface area contributed by atoms with E-state index < -0.39 is 11.8 Å². The first-order valence-corrected chi connectivity index (χ1v) is 9.11. The second kappa shape index (κ2) is 8.49. The highest BCUT2D eigenvalue weighted by atomic mass is 32.1. The Morgan fingerprint density at radius 1 is 1.14 bits per heavy atom. The van der Waals surface area contributed by atoms with Gasteiger partial charge in [0.25, 0.3) is 0 Å². The van der Waals surface area contributed by atoms with Gasteiger partial charge < -0.3 is 15.8 Å². The van der Waals surface area contributed by atoms with Crippen LogP contribution in [-0.2, 0) is 4.79 Å². The van der Waals surface area contributed by atoms with Crippen molar-refractivity contribution in [3.8, 4) is 16.2 Å². The number of halogens is 1. The molecule has 0 radical (unpaired) electrons. The Bertz CT molecular complexity index is 1060. The van der Waals surface area contributed by atoms with Crippen LogP contribution in [0.5, 0.6) is 5.75 Å². The third-order valence-electron chi connectivity index (χ3n) is 3.91. The summed E-state index contributed by atoms with van der Waals surface area (Å²) in [4.78, 5) is 25.1. The van der Waals surface area contributed by atoms with Crippen molar-refractivity contribution in [3.05, 3.63) is 76.9 Å². The van der Waals surface area contributed by atoms with Crippen LogP contribution < -0.4 is 15.8 Å². The van der Waals surface area contributed by atoms with Crippen LogP contribution in [0.2, 0.25) is 0 Å². The maximum Gasteiger partial charge on any atom is 0.248 e. The number of primary amides is 1. The van der Waals surface area contributed by atoms with Gasteiger partial charge in [-0.3, -0.25) is 9.59 Å². The molecule has 0 aliphatic carbocycles. The number of methoxy groups -OCH3 is 1. The highest BCUT2D eigenvalue weighted by Gasteiger charge is 2.10. The number of carbonyl (C=O) groups is 2. The molecule has 0 atom stereocenters. The van der Waals surface area contributed by atoms with Crippen LogP contribution in [0.4, 0.5) is 10.1 Å². The summed E-state index contributed by atoms with van der Waals surface area (Å²) in [5, 5.41) is 2.66. The van der Waals surface area contributed by atoms with E-state index in [1.807, 2.05) is 6.07 Å². The molecule has 0 saturated heterocycles. The molecule has 142 valence electrons. The number of rotatable bonds is 6. The molecule has 3 rings (SSSR count). The molecule has 5 nitrogen and oxygen atoms in total. The number of ether oxygens (including phenoxy) is 1. The average Bonchev–Trinajstić information content (AvgIpc) is 3.15. The molecule has 0 bridgehead atoms. The smallest absolute Gasteiger partial charge is 0.248 e. The van der Waals surface area contributed by atoms with Crippen molar-refractivity contribution in [2.45, 2.75) is 0 Å². The third-order valence-corrected chi connectivity index (χ3v) is 4.99. The monoisotopic (exact) mass is 396 g/mol. The second-order valence-electron chi connectivity index (χ2n) is 5.78. The van der Waals surface area contributed by atoms with E-state index >= 15 is 0 Å². The maximum atomic E-state index is 13.9. The van der Waals surface area contributed by atoms with Crippen molar-refractivity contribution in [2.24, 2.45) is 5.73 Å². The number of hydrogen-bond donors (Lipinski definition) is 2. The minimum absolute atomic E-state index is 0.257. The van der Waals surface area contributed by atoms with Gasteiger partial charge in [-0.2, -0.15) is 0 Å². The van der Waals surface area contributed by atoms with E-state index in [0.29, 0.717) is 17.0 Å². The highest BCUT2D eigenvalue weighted by Crippen LogP contribution is 2.30. The van der Waals surface area contributed by atoms with Crippen LogP contribution in [-0.4, -0.2) is 18.9 Å². The normalized spacial score (nSPS) is 10.8. The van der Waals surface area contributed by atoms with Crippen molar-refractivity contribution in [1.82, 2.24) is 0 Å². The summed E-state index contributed by atoms with van der Waals surface area (Å²) in [6.45, 7) is 0. The fourth-order valence-electron chi connectivity index (χ4n) is 2.54. The fraction of sp³-hybridized carbons (Fsp3) is 0.0476. The molecule has 2 aromatic carbocycles. The lowest BCUT2D eigenvalue weighted by Crippen LogP contribution is -2.13. The maximum absolute atomic E-state index is 13.9. The lowest BCUT2D eigenvalue weighted by Gasteiger charge is -2.09. The number of nitrogens with two attached hydrogens (primary N) is 1. The third kappa shape index (κ3) is 4.44. The van der Waals surface area contributed by atoms with E-state index in [1.165, 1.54) is 42.7 Å². The molecule has 0 aliphatic heterocycles. The average molecular weight is 396 g/mol. The van der Waals surface area contributed by atoms with Crippen LogP contribution in [0.25, 0.3) is 16.5 Å². The van der Waals surface area contributed by atoms with Gasteiger partial charge >= 0.3 is 0 Å². The van der Waals surface area contributed by atoms with Gasteiger partial charge in [-0.15, -0.1) is 11.3 Å². The van der Waals surface area contributed by atoms with Gasteiger partial charge in [0.2, 0.25) is 11.8 Å². The minimum atomic E-state index is -0.604. The number of carbonyl (C=O) groups excluding carboxylic acids is 2. The molecule has 0 saturated carbocycles. The summed E-state index contributed by atoms with van der Waals surface area (Å²) in [7, 11) is 1.46. The van der Waals surface area contributed by atoms with E-state index in [4.69, 9.17) is 10.5 Å². The van der Waals surface area contributed by atoms with Crippen molar-refractivity contribution in [2.75, 3.05) is 12.4 Å². The Labute approximate surface area is 165 Å². The largest absolute Gasteiger partial charge is 0.495 e. The molecule has 2 amide bonds. The van der Waals surface area contributed by atoms with Crippen molar-refractivity contribution in [3.63, 3.8) is 0 Å². The molecule has 0 aliphatic rings. The number of hydrogen-bond acceptors (Lipinski definition) is 4. The first kappa shape index (κ1) is 19.3. The molecule has 1 heterocycles. The van der Waals surface area contributed by atoms with Crippen molar-refractivity contribution < 1.29 is 18.7 Å². The van der Waals surface area contributed by atoms with Crippen LogP contribution in [0.1, 0.15) is 15.2 Å². The summed E-state index contributed by atoms with van der Waals surface area (Å²) in [5.41, 5.74) is 6.38. The lowest BCUT2D eigenvalue weighted by atomic mass is 10.1. The molecular formula is C21H17FN2O3S. The molecule has 3 N–H and O–H groups in total. The zero-order valence-corrected chi connectivity index (χ0v) is 15.8. The van der Waals surface area contributed by atoms with Crippen LogP contribution in [0, 0.1) is 5.82 Å². The predicted octanol–water partition coefficient (Wildman–Crippen LogP) is 4.31. The highest BCUT2D eigenvalue weighted by molar-refractivity contribution is 7.16. The Hall–Kier alpha value is -3.45. The van der Waals surface area contributed by atoms with E-state index in [0.717, 1.165) is 9.75 Å². The minimum Gasteiger partial charge on any atom is -0.495 e. The molecule has 0 unspecified atom stereocenters. The van der Waals surface area contributed by atoms with Gasteiger partial charge in [0, 0.05) is 27.0 Å². The first-order valence-electron chi connectivity index (χ1n) is 8.29. The quantitative estimate of drug-likeness (QED) is 0.609. The molecule has 7 heteroatoms. The summed E-state index contributed by atoms with van der Waals surface area (Å²) in [5.74, 6) is -0.891.